The molecule has 2 aromatic heterocycles. The predicted molar refractivity (Wildman–Crippen MR) is 78.1 cm³/mol. The van der Waals surface area contributed by atoms with E-state index in [1.54, 1.807) is 18.2 Å². The number of aryl methyl sites for hydroxylation is 3. The maximum absolute atomic E-state index is 12.5. The molecule has 0 bridgehead atoms. The molecule has 3 aromatic rings. The molecule has 3 heteroatoms. The van der Waals surface area contributed by atoms with Crippen LogP contribution >= 0.6 is 0 Å². The third-order valence-electron chi connectivity index (χ3n) is 3.24. The third kappa shape index (κ3) is 2.23. The molecule has 0 aliphatic rings. The summed E-state index contributed by atoms with van der Waals surface area (Å²) in [5.41, 5.74) is 4.17. The monoisotopic (exact) mass is 265 g/mol. The van der Waals surface area contributed by atoms with E-state index in [0.29, 0.717) is 11.3 Å². The summed E-state index contributed by atoms with van der Waals surface area (Å²) in [6.07, 6.45) is 0. The fraction of sp³-hybridized carbons (Fsp3) is 0.176. The van der Waals surface area contributed by atoms with E-state index >= 15 is 0 Å². The van der Waals surface area contributed by atoms with E-state index < -0.39 is 0 Å². The van der Waals surface area contributed by atoms with Crippen LogP contribution in [0.4, 0.5) is 0 Å². The van der Waals surface area contributed by atoms with Crippen LogP contribution in [0.15, 0.2) is 40.8 Å². The lowest BCUT2D eigenvalue weighted by Gasteiger charge is -2.01. The normalized spacial score (nSPS) is 10.9. The summed E-state index contributed by atoms with van der Waals surface area (Å²) >= 11 is 0. The first-order chi connectivity index (χ1) is 9.52. The SMILES string of the molecule is Cc1ccc2oc(C(=O)c3cc(C)nc(C)c3)cc2c1. The van der Waals surface area contributed by atoms with Crippen LogP contribution in [0.3, 0.4) is 0 Å². The quantitative estimate of drug-likeness (QED) is 0.658. The molecular formula is C17H15NO2. The number of rotatable bonds is 2. The van der Waals surface area contributed by atoms with Gasteiger partial charge in [-0.25, -0.2) is 0 Å². The minimum absolute atomic E-state index is 0.104. The number of furan rings is 1. The molecule has 0 radical (unpaired) electrons. The molecular weight excluding hydrogens is 250 g/mol. The van der Waals surface area contributed by atoms with Gasteiger partial charge in [-0.3, -0.25) is 9.78 Å². The molecule has 1 aromatic carbocycles. The van der Waals surface area contributed by atoms with E-state index in [1.807, 2.05) is 39.0 Å². The Bertz CT molecular complexity index is 795. The van der Waals surface area contributed by atoms with E-state index in [9.17, 15) is 4.79 Å². The van der Waals surface area contributed by atoms with Crippen molar-refractivity contribution in [1.82, 2.24) is 4.98 Å². The molecule has 0 spiro atoms. The first kappa shape index (κ1) is 12.6. The summed E-state index contributed by atoms with van der Waals surface area (Å²) in [4.78, 5) is 16.8. The van der Waals surface area contributed by atoms with Crippen molar-refractivity contribution in [1.29, 1.82) is 0 Å². The lowest BCUT2D eigenvalue weighted by atomic mass is 10.1. The van der Waals surface area contributed by atoms with Crippen molar-refractivity contribution in [2.45, 2.75) is 20.8 Å². The predicted octanol–water partition coefficient (Wildman–Crippen LogP) is 3.98. The Balaban J connectivity index is 2.07. The Morgan fingerprint density at radius 1 is 1.00 bits per heavy atom. The summed E-state index contributed by atoms with van der Waals surface area (Å²) in [6, 6.07) is 11.3. The second kappa shape index (κ2) is 4.60. The van der Waals surface area contributed by atoms with Crippen LogP contribution in [-0.2, 0) is 0 Å². The zero-order valence-corrected chi connectivity index (χ0v) is 11.7. The van der Waals surface area contributed by atoms with Gasteiger partial charge in [0.25, 0.3) is 0 Å². The van der Waals surface area contributed by atoms with E-state index in [0.717, 1.165) is 27.9 Å². The summed E-state index contributed by atoms with van der Waals surface area (Å²) in [6.45, 7) is 5.78. The van der Waals surface area contributed by atoms with E-state index in [1.165, 1.54) is 0 Å². The van der Waals surface area contributed by atoms with Gasteiger partial charge in [0, 0.05) is 22.3 Å². The number of pyridine rings is 1. The lowest BCUT2D eigenvalue weighted by molar-refractivity contribution is 0.101. The molecule has 0 atom stereocenters. The van der Waals surface area contributed by atoms with E-state index in [-0.39, 0.29) is 5.78 Å². The van der Waals surface area contributed by atoms with Gasteiger partial charge in [0.2, 0.25) is 5.78 Å². The molecule has 3 nitrogen and oxygen atoms in total. The van der Waals surface area contributed by atoms with Gasteiger partial charge in [-0.05, 0) is 51.1 Å². The Hall–Kier alpha value is -2.42. The van der Waals surface area contributed by atoms with Crippen molar-refractivity contribution < 1.29 is 9.21 Å². The van der Waals surface area contributed by atoms with Gasteiger partial charge in [0.15, 0.2) is 5.76 Å². The average Bonchev–Trinajstić information content (AvgIpc) is 2.79. The molecule has 20 heavy (non-hydrogen) atoms. The second-order valence-electron chi connectivity index (χ2n) is 5.12. The second-order valence-corrected chi connectivity index (χ2v) is 5.12. The van der Waals surface area contributed by atoms with E-state index in [4.69, 9.17) is 4.42 Å². The average molecular weight is 265 g/mol. The van der Waals surface area contributed by atoms with Crippen LogP contribution < -0.4 is 0 Å². The van der Waals surface area contributed by atoms with Crippen molar-refractivity contribution in [3.05, 3.63) is 64.7 Å². The van der Waals surface area contributed by atoms with Crippen molar-refractivity contribution in [2.24, 2.45) is 0 Å². The minimum Gasteiger partial charge on any atom is -0.453 e. The fourth-order valence-corrected chi connectivity index (χ4v) is 2.38. The van der Waals surface area contributed by atoms with Gasteiger partial charge in [0.1, 0.15) is 5.58 Å². The summed E-state index contributed by atoms with van der Waals surface area (Å²) in [5.74, 6) is 0.267. The summed E-state index contributed by atoms with van der Waals surface area (Å²) < 4.78 is 5.65. The largest absolute Gasteiger partial charge is 0.453 e. The molecule has 0 N–H and O–H groups in total. The molecule has 0 amide bonds. The number of aromatic nitrogens is 1. The van der Waals surface area contributed by atoms with Crippen LogP contribution in [-0.4, -0.2) is 10.8 Å². The highest BCUT2D eigenvalue weighted by Gasteiger charge is 2.15. The smallest absolute Gasteiger partial charge is 0.228 e. The Kier molecular flexibility index (Phi) is 2.90. The van der Waals surface area contributed by atoms with Crippen LogP contribution in [0, 0.1) is 20.8 Å². The standard InChI is InChI=1S/C17H15NO2/c1-10-4-5-15-13(6-10)9-16(20-15)17(19)14-7-11(2)18-12(3)8-14/h4-9H,1-3H3. The van der Waals surface area contributed by atoms with Crippen LogP contribution in [0.1, 0.15) is 33.1 Å². The van der Waals surface area contributed by atoms with Crippen LogP contribution in [0.25, 0.3) is 11.0 Å². The van der Waals surface area contributed by atoms with Gasteiger partial charge in [-0.2, -0.15) is 0 Å². The van der Waals surface area contributed by atoms with Gasteiger partial charge in [0.05, 0.1) is 0 Å². The van der Waals surface area contributed by atoms with Crippen molar-refractivity contribution in [2.75, 3.05) is 0 Å². The first-order valence-electron chi connectivity index (χ1n) is 6.53. The number of carbonyl (C=O) groups excluding carboxylic acids is 1. The number of ketones is 1. The van der Waals surface area contributed by atoms with E-state index in [2.05, 4.69) is 4.98 Å². The zero-order valence-electron chi connectivity index (χ0n) is 11.7. The third-order valence-corrected chi connectivity index (χ3v) is 3.24. The molecule has 0 aliphatic carbocycles. The molecule has 0 aliphatic heterocycles. The highest BCUT2D eigenvalue weighted by atomic mass is 16.3. The summed E-state index contributed by atoms with van der Waals surface area (Å²) in [7, 11) is 0. The highest BCUT2D eigenvalue weighted by molar-refractivity contribution is 6.09. The molecule has 0 fully saturated rings. The number of fused-ring (bicyclic) bond motifs is 1. The minimum atomic E-state index is -0.104. The number of nitrogens with zero attached hydrogens (tertiary/aromatic N) is 1. The summed E-state index contributed by atoms with van der Waals surface area (Å²) in [5, 5.41) is 0.954. The number of hydrogen-bond donors (Lipinski definition) is 0. The lowest BCUT2D eigenvalue weighted by Crippen LogP contribution is -2.02. The Morgan fingerprint density at radius 2 is 1.70 bits per heavy atom. The fourth-order valence-electron chi connectivity index (χ4n) is 2.38. The van der Waals surface area contributed by atoms with Crippen molar-refractivity contribution >= 4 is 16.8 Å². The molecule has 2 heterocycles. The van der Waals surface area contributed by atoms with Gasteiger partial charge >= 0.3 is 0 Å². The van der Waals surface area contributed by atoms with Crippen molar-refractivity contribution in [3.8, 4) is 0 Å². The molecule has 100 valence electrons. The molecule has 0 unspecified atom stereocenters. The van der Waals surface area contributed by atoms with Gasteiger partial charge in [-0.15, -0.1) is 0 Å². The molecule has 0 saturated carbocycles. The molecule has 0 saturated heterocycles. The van der Waals surface area contributed by atoms with Gasteiger partial charge in [-0.1, -0.05) is 11.6 Å². The van der Waals surface area contributed by atoms with Crippen LogP contribution in [0.5, 0.6) is 0 Å². The maximum atomic E-state index is 12.5. The number of carbonyl (C=O) groups is 1. The van der Waals surface area contributed by atoms with Gasteiger partial charge < -0.3 is 4.42 Å². The van der Waals surface area contributed by atoms with Crippen LogP contribution in [0.2, 0.25) is 0 Å². The Labute approximate surface area is 117 Å². The zero-order chi connectivity index (χ0) is 14.3. The molecule has 3 rings (SSSR count). The number of benzene rings is 1. The highest BCUT2D eigenvalue weighted by Crippen LogP contribution is 2.23. The maximum Gasteiger partial charge on any atom is 0.228 e. The number of hydrogen-bond acceptors (Lipinski definition) is 3. The topological polar surface area (TPSA) is 43.1 Å². The first-order valence-corrected chi connectivity index (χ1v) is 6.53. The van der Waals surface area contributed by atoms with Crippen molar-refractivity contribution in [3.63, 3.8) is 0 Å². The Morgan fingerprint density at radius 3 is 2.40 bits per heavy atom.